The Morgan fingerprint density at radius 2 is 2.08 bits per heavy atom. The van der Waals surface area contributed by atoms with Crippen LogP contribution in [0.3, 0.4) is 0 Å². The van der Waals surface area contributed by atoms with Crippen LogP contribution in [0.1, 0.15) is 20.3 Å². The van der Waals surface area contributed by atoms with Gasteiger partial charge in [-0.3, -0.25) is 4.79 Å². The molecule has 0 atom stereocenters. The summed E-state index contributed by atoms with van der Waals surface area (Å²) in [5.41, 5.74) is 0. The lowest BCUT2D eigenvalue weighted by molar-refractivity contribution is -0.142. The molecule has 0 heterocycles. The van der Waals surface area contributed by atoms with E-state index in [0.717, 1.165) is 6.54 Å². The molecule has 2 N–H and O–H groups in total. The second-order valence-corrected chi connectivity index (χ2v) is 2.75. The summed E-state index contributed by atoms with van der Waals surface area (Å²) in [7, 11) is 0. The first-order valence-corrected chi connectivity index (χ1v) is 4.78. The van der Waals surface area contributed by atoms with Crippen LogP contribution in [0.5, 0.6) is 0 Å². The molecule has 0 fully saturated rings. The highest BCUT2D eigenvalue weighted by molar-refractivity contribution is 7.80. The van der Waals surface area contributed by atoms with Gasteiger partial charge in [-0.25, -0.2) is 0 Å². The van der Waals surface area contributed by atoms with Crippen LogP contribution in [-0.2, 0) is 9.53 Å². The molecule has 0 aromatic carbocycles. The van der Waals surface area contributed by atoms with Crippen molar-refractivity contribution in [3.05, 3.63) is 0 Å². The average Bonchev–Trinajstić information content (AvgIpc) is 2.05. The van der Waals surface area contributed by atoms with Gasteiger partial charge in [-0.15, -0.1) is 0 Å². The first-order chi connectivity index (χ1) is 6.20. The molecule has 0 bridgehead atoms. The van der Waals surface area contributed by atoms with Crippen molar-refractivity contribution in [2.75, 3.05) is 19.7 Å². The first-order valence-electron chi connectivity index (χ1n) is 4.38. The highest BCUT2D eigenvalue weighted by atomic mass is 32.1. The van der Waals surface area contributed by atoms with Crippen molar-refractivity contribution in [2.45, 2.75) is 20.3 Å². The highest BCUT2D eigenvalue weighted by Gasteiger charge is 2.00. The van der Waals surface area contributed by atoms with E-state index >= 15 is 0 Å². The Morgan fingerprint density at radius 1 is 1.38 bits per heavy atom. The van der Waals surface area contributed by atoms with Crippen LogP contribution in [0.15, 0.2) is 0 Å². The van der Waals surface area contributed by atoms with Gasteiger partial charge in [0.2, 0.25) is 0 Å². The van der Waals surface area contributed by atoms with Gasteiger partial charge in [0.05, 0.1) is 13.0 Å². The molecule has 76 valence electrons. The molecule has 0 aliphatic carbocycles. The lowest BCUT2D eigenvalue weighted by Gasteiger charge is -2.07. The summed E-state index contributed by atoms with van der Waals surface area (Å²) < 4.78 is 4.74. The number of esters is 1. The van der Waals surface area contributed by atoms with Crippen molar-refractivity contribution in [1.29, 1.82) is 0 Å². The number of hydrogen-bond donors (Lipinski definition) is 2. The van der Waals surface area contributed by atoms with Crippen LogP contribution >= 0.6 is 12.2 Å². The molecule has 13 heavy (non-hydrogen) atoms. The number of rotatable bonds is 5. The van der Waals surface area contributed by atoms with Gasteiger partial charge in [-0.1, -0.05) is 0 Å². The summed E-state index contributed by atoms with van der Waals surface area (Å²) in [6.07, 6.45) is 0.347. The molecule has 0 aromatic rings. The van der Waals surface area contributed by atoms with Gasteiger partial charge in [-0.2, -0.15) is 0 Å². The van der Waals surface area contributed by atoms with Crippen LogP contribution in [-0.4, -0.2) is 30.8 Å². The fraction of sp³-hybridized carbons (Fsp3) is 0.750. The van der Waals surface area contributed by atoms with Crippen LogP contribution in [0.4, 0.5) is 0 Å². The van der Waals surface area contributed by atoms with Crippen LogP contribution in [0.2, 0.25) is 0 Å². The molecule has 5 heteroatoms. The maximum atomic E-state index is 10.9. The van der Waals surface area contributed by atoms with E-state index in [1.54, 1.807) is 6.92 Å². The minimum atomic E-state index is -0.200. The average molecular weight is 204 g/mol. The minimum Gasteiger partial charge on any atom is -0.466 e. The summed E-state index contributed by atoms with van der Waals surface area (Å²) >= 11 is 4.90. The number of hydrogen-bond acceptors (Lipinski definition) is 3. The zero-order valence-corrected chi connectivity index (χ0v) is 8.87. The van der Waals surface area contributed by atoms with Gasteiger partial charge in [-0.05, 0) is 26.1 Å². The Labute approximate surface area is 84.0 Å². The third-order valence-electron chi connectivity index (χ3n) is 1.26. The number of thiocarbonyl (C=S) groups is 1. The predicted molar refractivity (Wildman–Crippen MR) is 55.5 cm³/mol. The largest absolute Gasteiger partial charge is 0.466 e. The van der Waals surface area contributed by atoms with Crippen LogP contribution in [0.25, 0.3) is 0 Å². The molecule has 4 nitrogen and oxygen atoms in total. The van der Waals surface area contributed by atoms with Crippen molar-refractivity contribution in [1.82, 2.24) is 10.6 Å². The van der Waals surface area contributed by atoms with Crippen molar-refractivity contribution in [3.8, 4) is 0 Å². The van der Waals surface area contributed by atoms with Crippen LogP contribution < -0.4 is 10.6 Å². The van der Waals surface area contributed by atoms with Gasteiger partial charge >= 0.3 is 5.97 Å². The van der Waals surface area contributed by atoms with E-state index in [1.807, 2.05) is 6.92 Å². The second-order valence-electron chi connectivity index (χ2n) is 2.34. The van der Waals surface area contributed by atoms with E-state index in [-0.39, 0.29) is 5.97 Å². The van der Waals surface area contributed by atoms with Crippen molar-refractivity contribution >= 4 is 23.3 Å². The van der Waals surface area contributed by atoms with E-state index in [1.165, 1.54) is 0 Å². The second kappa shape index (κ2) is 7.79. The molecular formula is C8H16N2O2S. The SMILES string of the molecule is CCNC(=S)NCCC(=O)OCC. The Bertz CT molecular complexity index is 156. The Kier molecular flexibility index (Phi) is 7.29. The molecule has 0 spiro atoms. The summed E-state index contributed by atoms with van der Waals surface area (Å²) in [6.45, 7) is 5.47. The topological polar surface area (TPSA) is 50.4 Å². The molecule has 0 rings (SSSR count). The Balaban J connectivity index is 3.33. The highest BCUT2D eigenvalue weighted by Crippen LogP contribution is 1.83. The first kappa shape index (κ1) is 12.2. The fourth-order valence-electron chi connectivity index (χ4n) is 0.734. The van der Waals surface area contributed by atoms with Gasteiger partial charge in [0.1, 0.15) is 0 Å². The number of nitrogens with one attached hydrogen (secondary N) is 2. The van der Waals surface area contributed by atoms with Gasteiger partial charge in [0, 0.05) is 13.1 Å². The molecule has 0 aliphatic rings. The lowest BCUT2D eigenvalue weighted by atomic mass is 10.4. The van der Waals surface area contributed by atoms with Crippen molar-refractivity contribution < 1.29 is 9.53 Å². The van der Waals surface area contributed by atoms with E-state index in [0.29, 0.717) is 24.7 Å². The molecule has 0 saturated carbocycles. The zero-order chi connectivity index (χ0) is 10.1. The molecule has 0 aliphatic heterocycles. The predicted octanol–water partition coefficient (Wildman–Crippen LogP) is 0.424. The van der Waals surface area contributed by atoms with E-state index in [2.05, 4.69) is 10.6 Å². The number of ether oxygens (including phenoxy) is 1. The standard InChI is InChI=1S/C8H16N2O2S/c1-3-9-8(13)10-6-5-7(11)12-4-2/h3-6H2,1-2H3,(H2,9,10,13). The third-order valence-corrected chi connectivity index (χ3v) is 1.55. The summed E-state index contributed by atoms with van der Waals surface area (Å²) in [5, 5.41) is 6.39. The van der Waals surface area contributed by atoms with E-state index < -0.39 is 0 Å². The smallest absolute Gasteiger partial charge is 0.307 e. The maximum Gasteiger partial charge on any atom is 0.307 e. The van der Waals surface area contributed by atoms with E-state index in [4.69, 9.17) is 17.0 Å². The Hall–Kier alpha value is -0.840. The summed E-state index contributed by atoms with van der Waals surface area (Å²) in [5.74, 6) is -0.200. The Morgan fingerprint density at radius 3 is 2.62 bits per heavy atom. The summed E-state index contributed by atoms with van der Waals surface area (Å²) in [4.78, 5) is 10.9. The van der Waals surface area contributed by atoms with Gasteiger partial charge < -0.3 is 15.4 Å². The van der Waals surface area contributed by atoms with Crippen molar-refractivity contribution in [2.24, 2.45) is 0 Å². The quantitative estimate of drug-likeness (QED) is 0.502. The molecule has 0 unspecified atom stereocenters. The minimum absolute atomic E-state index is 0.200. The summed E-state index contributed by atoms with van der Waals surface area (Å²) in [6, 6.07) is 0. The van der Waals surface area contributed by atoms with Gasteiger partial charge in [0.15, 0.2) is 5.11 Å². The molecule has 0 saturated heterocycles. The maximum absolute atomic E-state index is 10.9. The zero-order valence-electron chi connectivity index (χ0n) is 8.05. The molecule has 0 amide bonds. The number of carbonyl (C=O) groups excluding carboxylic acids is 1. The lowest BCUT2D eigenvalue weighted by Crippen LogP contribution is -2.36. The van der Waals surface area contributed by atoms with Crippen molar-refractivity contribution in [3.63, 3.8) is 0 Å². The fourth-order valence-corrected chi connectivity index (χ4v) is 0.981. The monoisotopic (exact) mass is 204 g/mol. The number of carbonyl (C=O) groups is 1. The normalized spacial score (nSPS) is 9.08. The van der Waals surface area contributed by atoms with E-state index in [9.17, 15) is 4.79 Å². The molecular weight excluding hydrogens is 188 g/mol. The van der Waals surface area contributed by atoms with Gasteiger partial charge in [0.25, 0.3) is 0 Å². The molecule has 0 radical (unpaired) electrons. The van der Waals surface area contributed by atoms with Crippen LogP contribution in [0, 0.1) is 0 Å². The third kappa shape index (κ3) is 7.52. The molecule has 0 aromatic heterocycles.